The largest absolute Gasteiger partial charge is 0.573 e. The molecule has 1 nitrogen and oxygen atoms in total. The summed E-state index contributed by atoms with van der Waals surface area (Å²) in [6, 6.07) is 4.17. The summed E-state index contributed by atoms with van der Waals surface area (Å²) in [5.41, 5.74) is 0.699. The first kappa shape index (κ1) is 14.2. The Balaban J connectivity index is 2.95. The molecule has 0 radical (unpaired) electrons. The normalized spacial score (nSPS) is 12.6. The van der Waals surface area contributed by atoms with Crippen molar-refractivity contribution in [1.82, 2.24) is 0 Å². The first-order chi connectivity index (χ1) is 7.55. The second-order valence-electron chi connectivity index (χ2n) is 5.08. The van der Waals surface area contributed by atoms with Gasteiger partial charge < -0.3 is 4.74 Å². The van der Waals surface area contributed by atoms with E-state index in [1.54, 1.807) is 6.07 Å². The Kier molecular flexibility index (Phi) is 3.97. The van der Waals surface area contributed by atoms with Crippen molar-refractivity contribution in [2.75, 3.05) is 0 Å². The fourth-order valence-corrected chi connectivity index (χ4v) is 1.78. The van der Waals surface area contributed by atoms with Crippen molar-refractivity contribution in [2.24, 2.45) is 5.41 Å². The molecule has 0 bridgehead atoms. The van der Waals surface area contributed by atoms with Crippen LogP contribution in [-0.2, 0) is 6.42 Å². The Morgan fingerprint density at radius 1 is 1.12 bits per heavy atom. The molecule has 0 amide bonds. The molecule has 0 saturated heterocycles. The second-order valence-corrected chi connectivity index (χ2v) is 5.52. The van der Waals surface area contributed by atoms with Crippen LogP contribution in [0.2, 0.25) is 5.02 Å². The third-order valence-electron chi connectivity index (χ3n) is 1.90. The van der Waals surface area contributed by atoms with Crippen LogP contribution >= 0.6 is 11.6 Å². The molecule has 1 rings (SSSR count). The molecule has 0 spiro atoms. The summed E-state index contributed by atoms with van der Waals surface area (Å²) in [5.74, 6) is -0.274. The summed E-state index contributed by atoms with van der Waals surface area (Å²) in [4.78, 5) is 0. The van der Waals surface area contributed by atoms with Crippen LogP contribution in [0.5, 0.6) is 5.75 Å². The number of ether oxygens (including phenoxy) is 1. The van der Waals surface area contributed by atoms with Gasteiger partial charge in [-0.25, -0.2) is 0 Å². The van der Waals surface area contributed by atoms with E-state index >= 15 is 0 Å². The molecular formula is C12H14ClF3O. The van der Waals surface area contributed by atoms with Crippen LogP contribution in [-0.4, -0.2) is 6.36 Å². The average Bonchev–Trinajstić information content (AvgIpc) is 1.93. The fourth-order valence-electron chi connectivity index (χ4n) is 1.53. The van der Waals surface area contributed by atoms with Gasteiger partial charge in [-0.2, -0.15) is 0 Å². The van der Waals surface area contributed by atoms with E-state index < -0.39 is 6.36 Å². The maximum atomic E-state index is 12.1. The number of benzene rings is 1. The molecule has 5 heteroatoms. The van der Waals surface area contributed by atoms with E-state index in [9.17, 15) is 13.2 Å². The van der Waals surface area contributed by atoms with Gasteiger partial charge in [-0.3, -0.25) is 0 Å². The Hall–Kier alpha value is -0.900. The molecule has 1 aromatic rings. The van der Waals surface area contributed by atoms with Crippen molar-refractivity contribution in [3.8, 4) is 5.75 Å². The lowest BCUT2D eigenvalue weighted by atomic mass is 9.88. The van der Waals surface area contributed by atoms with Gasteiger partial charge >= 0.3 is 6.36 Å². The highest BCUT2D eigenvalue weighted by molar-refractivity contribution is 6.30. The second kappa shape index (κ2) is 4.77. The summed E-state index contributed by atoms with van der Waals surface area (Å²) in [7, 11) is 0. The minimum absolute atomic E-state index is 0.0276. The zero-order valence-electron chi connectivity index (χ0n) is 9.86. The van der Waals surface area contributed by atoms with Gasteiger partial charge in [0.2, 0.25) is 0 Å². The van der Waals surface area contributed by atoms with Gasteiger partial charge in [0.25, 0.3) is 0 Å². The summed E-state index contributed by atoms with van der Waals surface area (Å²) < 4.78 is 40.1. The van der Waals surface area contributed by atoms with Gasteiger partial charge in [0.15, 0.2) is 0 Å². The van der Waals surface area contributed by atoms with Gasteiger partial charge in [-0.05, 0) is 35.6 Å². The van der Waals surface area contributed by atoms with Crippen molar-refractivity contribution in [3.63, 3.8) is 0 Å². The quantitative estimate of drug-likeness (QED) is 0.745. The van der Waals surface area contributed by atoms with E-state index in [1.807, 2.05) is 20.8 Å². The summed E-state index contributed by atoms with van der Waals surface area (Å²) in [6.45, 7) is 5.99. The molecular weight excluding hydrogens is 253 g/mol. The highest BCUT2D eigenvalue weighted by Gasteiger charge is 2.31. The van der Waals surface area contributed by atoms with E-state index in [0.717, 1.165) is 11.6 Å². The number of hydrogen-bond acceptors (Lipinski definition) is 1. The van der Waals surface area contributed by atoms with Gasteiger partial charge in [-0.15, -0.1) is 13.2 Å². The highest BCUT2D eigenvalue weighted by Crippen LogP contribution is 2.29. The minimum Gasteiger partial charge on any atom is -0.406 e. The third kappa shape index (κ3) is 5.82. The lowest BCUT2D eigenvalue weighted by Gasteiger charge is -2.19. The van der Waals surface area contributed by atoms with Crippen molar-refractivity contribution in [1.29, 1.82) is 0 Å². The number of alkyl halides is 3. The topological polar surface area (TPSA) is 9.23 Å². The summed E-state index contributed by atoms with van der Waals surface area (Å²) >= 11 is 5.76. The molecule has 0 heterocycles. The maximum Gasteiger partial charge on any atom is 0.573 e. The number of rotatable bonds is 2. The van der Waals surface area contributed by atoms with E-state index in [0.29, 0.717) is 6.42 Å². The smallest absolute Gasteiger partial charge is 0.406 e. The molecule has 0 atom stereocenters. The van der Waals surface area contributed by atoms with Crippen LogP contribution < -0.4 is 4.74 Å². The van der Waals surface area contributed by atoms with Crippen molar-refractivity contribution in [3.05, 3.63) is 28.8 Å². The first-order valence-electron chi connectivity index (χ1n) is 5.10. The Morgan fingerprint density at radius 3 is 2.18 bits per heavy atom. The fraction of sp³-hybridized carbons (Fsp3) is 0.500. The number of hydrogen-bond donors (Lipinski definition) is 0. The van der Waals surface area contributed by atoms with Gasteiger partial charge in [0, 0.05) is 5.02 Å². The van der Waals surface area contributed by atoms with Crippen LogP contribution in [0.1, 0.15) is 26.3 Å². The zero-order chi connectivity index (χ0) is 13.3. The van der Waals surface area contributed by atoms with Crippen LogP contribution in [0.25, 0.3) is 0 Å². The Labute approximate surface area is 104 Å². The van der Waals surface area contributed by atoms with E-state index in [-0.39, 0.29) is 16.2 Å². The first-order valence-corrected chi connectivity index (χ1v) is 5.48. The molecule has 0 aliphatic heterocycles. The molecule has 0 aliphatic carbocycles. The monoisotopic (exact) mass is 266 g/mol. The maximum absolute atomic E-state index is 12.1. The molecule has 0 saturated carbocycles. The highest BCUT2D eigenvalue weighted by atomic mass is 35.5. The molecule has 0 unspecified atom stereocenters. The predicted octanol–water partition coefficient (Wildman–Crippen LogP) is 4.83. The van der Waals surface area contributed by atoms with Gasteiger partial charge in [-0.1, -0.05) is 32.4 Å². The van der Waals surface area contributed by atoms with Crippen molar-refractivity contribution in [2.45, 2.75) is 33.6 Å². The van der Waals surface area contributed by atoms with Gasteiger partial charge in [0.05, 0.1) is 0 Å². The lowest BCUT2D eigenvalue weighted by molar-refractivity contribution is -0.274. The van der Waals surface area contributed by atoms with Crippen LogP contribution in [0.4, 0.5) is 13.2 Å². The standard InChI is InChI=1S/C12H14ClF3O/c1-11(2,3)7-8-4-9(13)6-10(5-8)17-12(14,15)16/h4-6H,7H2,1-3H3. The molecule has 96 valence electrons. The van der Waals surface area contributed by atoms with Crippen LogP contribution in [0.3, 0.4) is 0 Å². The number of halogens is 4. The molecule has 0 fully saturated rings. The van der Waals surface area contributed by atoms with E-state index in [4.69, 9.17) is 11.6 Å². The molecule has 0 aromatic heterocycles. The lowest BCUT2D eigenvalue weighted by Crippen LogP contribution is -2.17. The summed E-state index contributed by atoms with van der Waals surface area (Å²) in [6.07, 6.45) is -4.06. The Bertz CT molecular complexity index is 359. The van der Waals surface area contributed by atoms with Crippen molar-refractivity contribution < 1.29 is 17.9 Å². The predicted molar refractivity (Wildman–Crippen MR) is 61.3 cm³/mol. The summed E-state index contributed by atoms with van der Waals surface area (Å²) in [5, 5.41) is 0.242. The molecule has 0 aliphatic rings. The molecule has 1 aromatic carbocycles. The van der Waals surface area contributed by atoms with E-state index in [1.165, 1.54) is 6.07 Å². The minimum atomic E-state index is -4.69. The Morgan fingerprint density at radius 2 is 1.71 bits per heavy atom. The van der Waals surface area contributed by atoms with Crippen molar-refractivity contribution >= 4 is 11.6 Å². The van der Waals surface area contributed by atoms with E-state index in [2.05, 4.69) is 4.74 Å². The van der Waals surface area contributed by atoms with Crippen LogP contribution in [0, 0.1) is 5.41 Å². The zero-order valence-corrected chi connectivity index (χ0v) is 10.6. The average molecular weight is 267 g/mol. The van der Waals surface area contributed by atoms with Crippen LogP contribution in [0.15, 0.2) is 18.2 Å². The third-order valence-corrected chi connectivity index (χ3v) is 2.12. The van der Waals surface area contributed by atoms with Gasteiger partial charge in [0.1, 0.15) is 5.75 Å². The molecule has 17 heavy (non-hydrogen) atoms. The SMILES string of the molecule is CC(C)(C)Cc1cc(Cl)cc(OC(F)(F)F)c1. The molecule has 0 N–H and O–H groups in total.